The summed E-state index contributed by atoms with van der Waals surface area (Å²) < 4.78 is 0. The molecule has 0 heterocycles. The van der Waals surface area contributed by atoms with Crippen LogP contribution in [-0.2, 0) is 4.79 Å². The molecule has 0 radical (unpaired) electrons. The van der Waals surface area contributed by atoms with E-state index in [-0.39, 0.29) is 11.8 Å². The second-order valence-electron chi connectivity index (χ2n) is 4.77. The van der Waals surface area contributed by atoms with Gasteiger partial charge in [-0.3, -0.25) is 4.79 Å². The van der Waals surface area contributed by atoms with Gasteiger partial charge in [0.05, 0.1) is 0 Å². The molecule has 1 unspecified atom stereocenters. The second kappa shape index (κ2) is 5.94. The van der Waals surface area contributed by atoms with E-state index in [1.54, 1.807) is 0 Å². The fourth-order valence-electron chi connectivity index (χ4n) is 1.91. The number of nitrogens with one attached hydrogen (secondary N) is 1. The Labute approximate surface area is 93.1 Å². The Morgan fingerprint density at radius 3 is 2.67 bits per heavy atom. The number of allylic oxidation sites excluding steroid dienone is 1. The molecule has 1 atom stereocenters. The Kier molecular flexibility index (Phi) is 4.86. The van der Waals surface area contributed by atoms with Crippen molar-refractivity contribution in [3.8, 4) is 0 Å². The van der Waals surface area contributed by atoms with Crippen LogP contribution in [0.5, 0.6) is 0 Å². The predicted molar refractivity (Wildman–Crippen MR) is 63.6 cm³/mol. The average molecular weight is 209 g/mol. The third-order valence-electron chi connectivity index (χ3n) is 2.94. The molecule has 1 saturated carbocycles. The minimum atomic E-state index is 0.156. The van der Waals surface area contributed by atoms with Crippen molar-refractivity contribution in [2.45, 2.75) is 46.0 Å². The van der Waals surface area contributed by atoms with Gasteiger partial charge in [-0.05, 0) is 39.0 Å². The Morgan fingerprint density at radius 2 is 2.20 bits per heavy atom. The minimum Gasteiger partial charge on any atom is -0.356 e. The number of amides is 1. The molecule has 0 aromatic carbocycles. The molecule has 15 heavy (non-hydrogen) atoms. The summed E-state index contributed by atoms with van der Waals surface area (Å²) in [5.74, 6) is 1.27. The van der Waals surface area contributed by atoms with Crippen LogP contribution in [0.15, 0.2) is 12.2 Å². The maximum absolute atomic E-state index is 11.8. The molecule has 1 fully saturated rings. The highest BCUT2D eigenvalue weighted by molar-refractivity contribution is 5.78. The zero-order chi connectivity index (χ0) is 11.3. The molecule has 86 valence electrons. The largest absolute Gasteiger partial charge is 0.356 e. The lowest BCUT2D eigenvalue weighted by atomic mass is 9.94. The number of carbonyl (C=O) groups excluding carboxylic acids is 1. The van der Waals surface area contributed by atoms with E-state index in [2.05, 4.69) is 11.9 Å². The Hall–Kier alpha value is -0.790. The molecule has 0 saturated heterocycles. The number of rotatable bonds is 7. The Morgan fingerprint density at radius 1 is 1.53 bits per heavy atom. The molecular formula is C13H23NO. The molecule has 1 amide bonds. The Bertz CT molecular complexity index is 231. The van der Waals surface area contributed by atoms with Gasteiger partial charge in [0.2, 0.25) is 5.91 Å². The summed E-state index contributed by atoms with van der Waals surface area (Å²) in [7, 11) is 0. The van der Waals surface area contributed by atoms with E-state index in [1.807, 2.05) is 13.8 Å². The van der Waals surface area contributed by atoms with Crippen molar-refractivity contribution in [3.05, 3.63) is 12.2 Å². The summed E-state index contributed by atoms with van der Waals surface area (Å²) in [6, 6.07) is 0. The highest BCUT2D eigenvalue weighted by Crippen LogP contribution is 2.35. The minimum absolute atomic E-state index is 0.156. The van der Waals surface area contributed by atoms with Crippen molar-refractivity contribution < 1.29 is 4.79 Å². The van der Waals surface area contributed by atoms with E-state index in [0.29, 0.717) is 0 Å². The monoisotopic (exact) mass is 209 g/mol. The van der Waals surface area contributed by atoms with Crippen molar-refractivity contribution in [2.75, 3.05) is 6.54 Å². The lowest BCUT2D eigenvalue weighted by Gasteiger charge is -2.16. The van der Waals surface area contributed by atoms with Crippen molar-refractivity contribution in [3.63, 3.8) is 0 Å². The van der Waals surface area contributed by atoms with E-state index in [1.165, 1.54) is 19.3 Å². The van der Waals surface area contributed by atoms with E-state index >= 15 is 0 Å². The van der Waals surface area contributed by atoms with Gasteiger partial charge in [-0.25, -0.2) is 0 Å². The fourth-order valence-corrected chi connectivity index (χ4v) is 1.91. The van der Waals surface area contributed by atoms with Crippen LogP contribution >= 0.6 is 0 Å². The molecule has 1 aliphatic rings. The standard InChI is InChI=1S/C13H23NO/c1-4-14-13(15)12(9-10(2)3)8-7-11-5-6-11/h11-12H,2,4-9H2,1,3H3,(H,14,15). The number of carbonyl (C=O) groups is 1. The van der Waals surface area contributed by atoms with E-state index in [9.17, 15) is 4.79 Å². The molecule has 0 bridgehead atoms. The lowest BCUT2D eigenvalue weighted by molar-refractivity contribution is -0.125. The molecule has 0 aromatic heterocycles. The summed E-state index contributed by atoms with van der Waals surface area (Å²) in [5.41, 5.74) is 1.11. The average Bonchev–Trinajstić information content (AvgIpc) is 2.95. The maximum atomic E-state index is 11.8. The molecule has 1 N–H and O–H groups in total. The molecule has 0 aromatic rings. The molecule has 2 heteroatoms. The van der Waals surface area contributed by atoms with Crippen LogP contribution in [0, 0.1) is 11.8 Å². The van der Waals surface area contributed by atoms with Crippen LogP contribution in [0.4, 0.5) is 0 Å². The normalized spacial score (nSPS) is 17.2. The van der Waals surface area contributed by atoms with Crippen molar-refractivity contribution in [1.29, 1.82) is 0 Å². The smallest absolute Gasteiger partial charge is 0.223 e. The van der Waals surface area contributed by atoms with Gasteiger partial charge >= 0.3 is 0 Å². The third kappa shape index (κ3) is 5.01. The highest BCUT2D eigenvalue weighted by atomic mass is 16.1. The zero-order valence-corrected chi connectivity index (χ0v) is 10.0. The number of hydrogen-bond donors (Lipinski definition) is 1. The highest BCUT2D eigenvalue weighted by Gasteiger charge is 2.25. The first-order valence-electron chi connectivity index (χ1n) is 6.05. The van der Waals surface area contributed by atoms with Gasteiger partial charge in [0.1, 0.15) is 0 Å². The van der Waals surface area contributed by atoms with Gasteiger partial charge in [-0.15, -0.1) is 6.58 Å². The molecule has 1 rings (SSSR count). The first kappa shape index (κ1) is 12.3. The zero-order valence-electron chi connectivity index (χ0n) is 10.0. The SMILES string of the molecule is C=C(C)CC(CCC1CC1)C(=O)NCC. The number of hydrogen-bond acceptors (Lipinski definition) is 1. The van der Waals surface area contributed by atoms with E-state index < -0.39 is 0 Å². The lowest BCUT2D eigenvalue weighted by Crippen LogP contribution is -2.30. The van der Waals surface area contributed by atoms with Gasteiger partial charge in [-0.1, -0.05) is 18.4 Å². The van der Waals surface area contributed by atoms with Crippen LogP contribution in [0.1, 0.15) is 46.0 Å². The van der Waals surface area contributed by atoms with Crippen LogP contribution < -0.4 is 5.32 Å². The molecular weight excluding hydrogens is 186 g/mol. The van der Waals surface area contributed by atoms with Crippen molar-refractivity contribution in [2.24, 2.45) is 11.8 Å². The van der Waals surface area contributed by atoms with Crippen LogP contribution in [0.3, 0.4) is 0 Å². The van der Waals surface area contributed by atoms with Gasteiger partial charge < -0.3 is 5.32 Å². The van der Waals surface area contributed by atoms with Crippen LogP contribution in [0.2, 0.25) is 0 Å². The fraction of sp³-hybridized carbons (Fsp3) is 0.769. The summed E-state index contributed by atoms with van der Waals surface area (Å²) in [6.45, 7) is 8.60. The topological polar surface area (TPSA) is 29.1 Å². The van der Waals surface area contributed by atoms with E-state index in [0.717, 1.165) is 30.9 Å². The van der Waals surface area contributed by atoms with Crippen LogP contribution in [-0.4, -0.2) is 12.5 Å². The quantitative estimate of drug-likeness (QED) is 0.642. The summed E-state index contributed by atoms with van der Waals surface area (Å²) in [4.78, 5) is 11.8. The summed E-state index contributed by atoms with van der Waals surface area (Å²) >= 11 is 0. The Balaban J connectivity index is 2.35. The van der Waals surface area contributed by atoms with Gasteiger partial charge in [0.25, 0.3) is 0 Å². The first-order valence-corrected chi connectivity index (χ1v) is 6.05. The molecule has 0 spiro atoms. The van der Waals surface area contributed by atoms with Gasteiger partial charge in [0.15, 0.2) is 0 Å². The second-order valence-corrected chi connectivity index (χ2v) is 4.77. The summed E-state index contributed by atoms with van der Waals surface area (Å²) in [5, 5.41) is 2.92. The first-order chi connectivity index (χ1) is 7.13. The molecule has 0 aliphatic heterocycles. The van der Waals surface area contributed by atoms with E-state index in [4.69, 9.17) is 0 Å². The van der Waals surface area contributed by atoms with Gasteiger partial charge in [0, 0.05) is 12.5 Å². The predicted octanol–water partition coefficient (Wildman–Crippen LogP) is 2.90. The van der Waals surface area contributed by atoms with Gasteiger partial charge in [-0.2, -0.15) is 0 Å². The third-order valence-corrected chi connectivity index (χ3v) is 2.94. The van der Waals surface area contributed by atoms with Crippen molar-refractivity contribution in [1.82, 2.24) is 5.32 Å². The molecule has 1 aliphatic carbocycles. The summed E-state index contributed by atoms with van der Waals surface area (Å²) in [6.07, 6.45) is 5.83. The molecule has 2 nitrogen and oxygen atoms in total. The van der Waals surface area contributed by atoms with Crippen LogP contribution in [0.25, 0.3) is 0 Å². The van der Waals surface area contributed by atoms with Crippen molar-refractivity contribution >= 4 is 5.91 Å². The maximum Gasteiger partial charge on any atom is 0.223 e.